The number of carbonyl (C=O) groups excluding carboxylic acids is 3. The van der Waals surface area contributed by atoms with E-state index in [-0.39, 0.29) is 23.4 Å². The van der Waals surface area contributed by atoms with Crippen molar-refractivity contribution in [2.24, 2.45) is 5.73 Å². The highest BCUT2D eigenvalue weighted by Crippen LogP contribution is 2.29. The average Bonchev–Trinajstić information content (AvgIpc) is 3.32. The smallest absolute Gasteiger partial charge is 0.415 e. The van der Waals surface area contributed by atoms with Gasteiger partial charge < -0.3 is 35.3 Å². The van der Waals surface area contributed by atoms with Crippen LogP contribution in [0, 0.1) is 11.3 Å². The molecule has 1 aliphatic rings. The fourth-order valence-electron chi connectivity index (χ4n) is 4.37. The third-order valence-corrected chi connectivity index (χ3v) is 6.46. The molecule has 1 amide bonds. The number of anilines is 1. The monoisotopic (exact) mass is 548 g/mol. The highest BCUT2D eigenvalue weighted by Gasteiger charge is 2.36. The second kappa shape index (κ2) is 13.3. The number of fused-ring (bicyclic) bond motifs is 1. The van der Waals surface area contributed by atoms with Crippen molar-refractivity contribution < 1.29 is 43.9 Å². The van der Waals surface area contributed by atoms with Crippen molar-refractivity contribution in [1.82, 2.24) is 14.6 Å². The molecule has 15 nitrogen and oxygen atoms in total. The summed E-state index contributed by atoms with van der Waals surface area (Å²) in [5, 5.41) is 47.7. The molecule has 1 fully saturated rings. The van der Waals surface area contributed by atoms with E-state index < -0.39 is 61.2 Å². The zero-order valence-corrected chi connectivity index (χ0v) is 21.4. The Hall–Kier alpha value is -3.84. The van der Waals surface area contributed by atoms with Crippen LogP contribution in [0.5, 0.6) is 0 Å². The standard InChI is InChI=1S/C24H32N6O9/c1-14(31)38-13-39-23(36)29-22-17-6-5-16(30(17)28-12-27-22)15(10-25)20(34)21(35)18(32)11-37-19(33)9-24(26)7-3-2-4-8-24/h5-6,12,15,18,20-21,32,34-35H,2-4,7-9,11,13,26H2,1H3,(H,27,28,29,36)/t15?,18-,20+,21-/m1/s1. The molecule has 3 rings (SSSR count). The second-order valence-corrected chi connectivity index (χ2v) is 9.41. The number of aromatic nitrogens is 3. The van der Waals surface area contributed by atoms with Crippen LogP contribution in [-0.4, -0.2) is 85.2 Å². The highest BCUT2D eigenvalue weighted by molar-refractivity contribution is 5.88. The number of hydrogen-bond acceptors (Lipinski definition) is 13. The molecule has 4 atom stereocenters. The molecule has 1 saturated carbocycles. The van der Waals surface area contributed by atoms with Gasteiger partial charge in [0.05, 0.1) is 18.2 Å². The summed E-state index contributed by atoms with van der Waals surface area (Å²) in [6, 6.07) is 4.74. The van der Waals surface area contributed by atoms with E-state index in [0.29, 0.717) is 12.8 Å². The van der Waals surface area contributed by atoms with Crippen LogP contribution < -0.4 is 11.1 Å². The summed E-state index contributed by atoms with van der Waals surface area (Å²) in [6.45, 7) is -0.0697. The van der Waals surface area contributed by atoms with E-state index in [9.17, 15) is 35.0 Å². The third kappa shape index (κ3) is 7.83. The maximum Gasteiger partial charge on any atom is 0.415 e. The lowest BCUT2D eigenvalue weighted by atomic mass is 9.80. The number of amides is 1. The van der Waals surface area contributed by atoms with E-state index in [1.54, 1.807) is 0 Å². The van der Waals surface area contributed by atoms with Gasteiger partial charge in [-0.2, -0.15) is 10.4 Å². The number of hydrogen-bond donors (Lipinski definition) is 5. The SMILES string of the molecule is CC(=O)OCOC(=O)Nc1ncnn2c(C(C#N)[C@H](O)[C@H](O)[C@H](O)COC(=O)CC3(N)CCCCC3)ccc12. The molecule has 0 saturated heterocycles. The first kappa shape index (κ1) is 29.7. The number of nitrogens with one attached hydrogen (secondary N) is 1. The lowest BCUT2D eigenvalue weighted by Crippen LogP contribution is -2.45. The molecule has 0 radical (unpaired) electrons. The van der Waals surface area contributed by atoms with Gasteiger partial charge in [0.2, 0.25) is 6.79 Å². The quantitative estimate of drug-likeness (QED) is 0.185. The third-order valence-electron chi connectivity index (χ3n) is 6.46. The molecule has 2 heterocycles. The predicted octanol–water partition coefficient (Wildman–Crippen LogP) is 0.0832. The molecule has 39 heavy (non-hydrogen) atoms. The van der Waals surface area contributed by atoms with Gasteiger partial charge in [0.15, 0.2) is 5.82 Å². The minimum absolute atomic E-state index is 0.0154. The Morgan fingerprint density at radius 2 is 1.87 bits per heavy atom. The van der Waals surface area contributed by atoms with Crippen molar-refractivity contribution in [3.05, 3.63) is 24.2 Å². The van der Waals surface area contributed by atoms with Crippen LogP contribution in [0.15, 0.2) is 18.5 Å². The average molecular weight is 549 g/mol. The number of aliphatic hydroxyl groups is 3. The number of rotatable bonds is 11. The van der Waals surface area contributed by atoms with Crippen molar-refractivity contribution in [3.8, 4) is 6.07 Å². The van der Waals surface area contributed by atoms with E-state index in [1.165, 1.54) is 16.6 Å². The van der Waals surface area contributed by atoms with Crippen LogP contribution in [0.25, 0.3) is 5.52 Å². The molecule has 0 bridgehead atoms. The summed E-state index contributed by atoms with van der Waals surface area (Å²) in [7, 11) is 0. The molecular weight excluding hydrogens is 516 g/mol. The summed E-state index contributed by atoms with van der Waals surface area (Å²) in [5.74, 6) is -2.67. The number of esters is 2. The normalized spacial score (nSPS) is 17.7. The van der Waals surface area contributed by atoms with E-state index >= 15 is 0 Å². The molecule has 6 N–H and O–H groups in total. The Balaban J connectivity index is 1.63. The lowest BCUT2D eigenvalue weighted by molar-refractivity contribution is -0.153. The number of aliphatic hydroxyl groups excluding tert-OH is 3. The summed E-state index contributed by atoms with van der Waals surface area (Å²) in [5.41, 5.74) is 5.92. The van der Waals surface area contributed by atoms with Crippen LogP contribution >= 0.6 is 0 Å². The van der Waals surface area contributed by atoms with Gasteiger partial charge in [-0.3, -0.25) is 14.9 Å². The maximum absolute atomic E-state index is 12.2. The van der Waals surface area contributed by atoms with Crippen molar-refractivity contribution in [2.75, 3.05) is 18.7 Å². The topological polar surface area (TPSA) is 232 Å². The first-order chi connectivity index (χ1) is 18.5. The molecule has 2 aromatic rings. The van der Waals surface area contributed by atoms with Crippen molar-refractivity contribution >= 4 is 29.4 Å². The van der Waals surface area contributed by atoms with Gasteiger partial charge in [-0.05, 0) is 25.0 Å². The first-order valence-corrected chi connectivity index (χ1v) is 12.3. The van der Waals surface area contributed by atoms with Crippen molar-refractivity contribution in [3.63, 3.8) is 0 Å². The Bertz CT molecular complexity index is 1210. The van der Waals surface area contributed by atoms with Gasteiger partial charge in [-0.25, -0.2) is 14.3 Å². The van der Waals surface area contributed by atoms with Gasteiger partial charge >= 0.3 is 18.0 Å². The first-order valence-electron chi connectivity index (χ1n) is 12.3. The largest absolute Gasteiger partial charge is 0.463 e. The second-order valence-electron chi connectivity index (χ2n) is 9.41. The summed E-state index contributed by atoms with van der Waals surface area (Å²) >= 11 is 0. The van der Waals surface area contributed by atoms with E-state index in [0.717, 1.165) is 32.5 Å². The summed E-state index contributed by atoms with van der Waals surface area (Å²) in [6.07, 6.45) is -1.00. The number of nitrogens with zero attached hydrogens (tertiary/aromatic N) is 4. The Kier molecular flexibility index (Phi) is 10.1. The molecule has 0 aromatic carbocycles. The summed E-state index contributed by atoms with van der Waals surface area (Å²) < 4.78 is 15.5. The molecule has 1 unspecified atom stereocenters. The Morgan fingerprint density at radius 1 is 1.15 bits per heavy atom. The van der Waals surface area contributed by atoms with Gasteiger partial charge in [-0.1, -0.05) is 19.3 Å². The molecular formula is C24H32N6O9. The number of nitrogens with two attached hydrogens (primary N) is 1. The predicted molar refractivity (Wildman–Crippen MR) is 132 cm³/mol. The van der Waals surface area contributed by atoms with Gasteiger partial charge in [0.25, 0.3) is 0 Å². The van der Waals surface area contributed by atoms with E-state index in [1.807, 2.05) is 6.07 Å². The summed E-state index contributed by atoms with van der Waals surface area (Å²) in [4.78, 5) is 38.9. The molecule has 2 aromatic heterocycles. The Labute approximate surface area is 223 Å². The van der Waals surface area contributed by atoms with E-state index in [4.69, 9.17) is 15.2 Å². The number of carbonyl (C=O) groups is 3. The molecule has 1 aliphatic carbocycles. The number of ether oxygens (including phenoxy) is 3. The fraction of sp³-hybridized carbons (Fsp3) is 0.583. The molecule has 15 heteroatoms. The van der Waals surface area contributed by atoms with Gasteiger partial charge in [-0.15, -0.1) is 0 Å². The number of nitriles is 1. The molecule has 212 valence electrons. The van der Waals surface area contributed by atoms with Crippen molar-refractivity contribution in [2.45, 2.75) is 75.2 Å². The highest BCUT2D eigenvalue weighted by atomic mass is 16.7. The zero-order valence-electron chi connectivity index (χ0n) is 21.4. The van der Waals surface area contributed by atoms with Crippen LogP contribution in [0.3, 0.4) is 0 Å². The molecule has 0 aliphatic heterocycles. The van der Waals surface area contributed by atoms with Gasteiger partial charge in [0.1, 0.15) is 42.7 Å². The van der Waals surface area contributed by atoms with E-state index in [2.05, 4.69) is 20.1 Å². The minimum atomic E-state index is -1.86. The minimum Gasteiger partial charge on any atom is -0.463 e. The lowest BCUT2D eigenvalue weighted by Gasteiger charge is -2.32. The van der Waals surface area contributed by atoms with Gasteiger partial charge in [0, 0.05) is 12.5 Å². The van der Waals surface area contributed by atoms with Crippen LogP contribution in [0.4, 0.5) is 10.6 Å². The Morgan fingerprint density at radius 3 is 2.54 bits per heavy atom. The zero-order chi connectivity index (χ0) is 28.6. The van der Waals surface area contributed by atoms with Crippen LogP contribution in [0.2, 0.25) is 0 Å². The maximum atomic E-state index is 12.2. The van der Waals surface area contributed by atoms with Crippen LogP contribution in [0.1, 0.15) is 57.1 Å². The van der Waals surface area contributed by atoms with Crippen LogP contribution in [-0.2, 0) is 23.8 Å². The van der Waals surface area contributed by atoms with Crippen molar-refractivity contribution in [1.29, 1.82) is 5.26 Å². The molecule has 0 spiro atoms. The fourth-order valence-corrected chi connectivity index (χ4v) is 4.37.